The Kier molecular flexibility index (Phi) is 14.3. The molecule has 121 valence electrons. The smallest absolute Gasteiger partial charge is 0.0527 e. The molecule has 20 heavy (non-hydrogen) atoms. The summed E-state index contributed by atoms with van der Waals surface area (Å²) in [4.78, 5) is 0. The summed E-state index contributed by atoms with van der Waals surface area (Å²) in [5.74, 6) is 0. The molecule has 0 heterocycles. The Balaban J connectivity index is 3.32. The second-order valence-electron chi connectivity index (χ2n) is 6.70. The van der Waals surface area contributed by atoms with Crippen molar-refractivity contribution in [3.8, 4) is 0 Å². The third kappa shape index (κ3) is 10.0. The van der Waals surface area contributed by atoms with Crippen LogP contribution in [0.3, 0.4) is 0 Å². The van der Waals surface area contributed by atoms with E-state index in [-0.39, 0.29) is 0 Å². The molecular formula is C19H41Si. The van der Waals surface area contributed by atoms with Crippen molar-refractivity contribution in [1.82, 2.24) is 0 Å². The highest BCUT2D eigenvalue weighted by molar-refractivity contribution is 6.79. The maximum atomic E-state index is 3.90. The van der Waals surface area contributed by atoms with Gasteiger partial charge >= 0.3 is 0 Å². The largest absolute Gasteiger partial charge is 0.0678 e. The van der Waals surface area contributed by atoms with Gasteiger partial charge in [-0.05, 0) is 0 Å². The summed E-state index contributed by atoms with van der Waals surface area (Å²) in [5.41, 5.74) is 0. The zero-order chi connectivity index (χ0) is 15.1. The van der Waals surface area contributed by atoms with Crippen molar-refractivity contribution in [1.29, 1.82) is 0 Å². The Labute approximate surface area is 131 Å². The molecule has 0 aromatic rings. The maximum absolute atomic E-state index is 3.90. The van der Waals surface area contributed by atoms with Crippen LogP contribution < -0.4 is 0 Å². The van der Waals surface area contributed by atoms with Crippen molar-refractivity contribution < 1.29 is 0 Å². The van der Waals surface area contributed by atoms with E-state index in [1.807, 2.05) is 0 Å². The van der Waals surface area contributed by atoms with E-state index in [9.17, 15) is 0 Å². The maximum Gasteiger partial charge on any atom is 0.0527 e. The van der Waals surface area contributed by atoms with Crippen LogP contribution in [0.2, 0.25) is 24.2 Å². The molecule has 1 heteroatoms. The van der Waals surface area contributed by atoms with E-state index >= 15 is 0 Å². The van der Waals surface area contributed by atoms with Crippen molar-refractivity contribution in [2.75, 3.05) is 0 Å². The number of hydrogen-bond donors (Lipinski definition) is 0. The normalized spacial score (nSPS) is 12.0. The lowest BCUT2D eigenvalue weighted by atomic mass is 10.1. The monoisotopic (exact) mass is 297 g/mol. The van der Waals surface area contributed by atoms with Crippen molar-refractivity contribution in [2.45, 2.75) is 116 Å². The van der Waals surface area contributed by atoms with Gasteiger partial charge in [0.2, 0.25) is 0 Å². The molecule has 0 unspecified atom stereocenters. The molecule has 0 spiro atoms. The Bertz CT molecular complexity index is 176. The average Bonchev–Trinajstić information content (AvgIpc) is 2.49. The fourth-order valence-corrected chi connectivity index (χ4v) is 6.93. The number of hydrogen-bond acceptors (Lipinski definition) is 0. The lowest BCUT2D eigenvalue weighted by Crippen LogP contribution is -2.30. The van der Waals surface area contributed by atoms with Crippen molar-refractivity contribution >= 4 is 8.07 Å². The van der Waals surface area contributed by atoms with Gasteiger partial charge in [-0.15, -0.1) is 0 Å². The van der Waals surface area contributed by atoms with E-state index in [4.69, 9.17) is 0 Å². The molecular weight excluding hydrogens is 256 g/mol. The molecule has 0 aliphatic rings. The van der Waals surface area contributed by atoms with Gasteiger partial charge in [-0.25, -0.2) is 0 Å². The first-order chi connectivity index (χ1) is 9.74. The zero-order valence-corrected chi connectivity index (χ0v) is 15.8. The second kappa shape index (κ2) is 14.2. The summed E-state index contributed by atoms with van der Waals surface area (Å²) in [7, 11) is -0.817. The standard InChI is InChI=1S/C19H41Si/c1-5-9-10-11-12-13-14-15-16-17-18-19-20(6-2,7-3)8-4/h1,5-19H2,2-4H3. The fourth-order valence-electron chi connectivity index (χ4n) is 3.37. The third-order valence-corrected chi connectivity index (χ3v) is 11.4. The van der Waals surface area contributed by atoms with Crippen molar-refractivity contribution in [3.63, 3.8) is 0 Å². The number of unbranched alkanes of at least 4 members (excludes halogenated alkanes) is 10. The van der Waals surface area contributed by atoms with Crippen LogP contribution in [-0.2, 0) is 0 Å². The van der Waals surface area contributed by atoms with Crippen LogP contribution in [0.5, 0.6) is 0 Å². The van der Waals surface area contributed by atoms with E-state index in [0.29, 0.717) is 0 Å². The van der Waals surface area contributed by atoms with E-state index < -0.39 is 8.07 Å². The summed E-state index contributed by atoms with van der Waals surface area (Å²) < 4.78 is 0. The molecule has 0 bridgehead atoms. The van der Waals surface area contributed by atoms with Crippen LogP contribution in [0.4, 0.5) is 0 Å². The minimum atomic E-state index is -0.817. The Hall–Kier alpha value is 0.217. The quantitative estimate of drug-likeness (QED) is 0.215. The lowest BCUT2D eigenvalue weighted by molar-refractivity contribution is 0.556. The summed E-state index contributed by atoms with van der Waals surface area (Å²) in [5, 5.41) is 0. The summed E-state index contributed by atoms with van der Waals surface area (Å²) in [6, 6.07) is 6.12. The zero-order valence-electron chi connectivity index (χ0n) is 14.8. The van der Waals surface area contributed by atoms with Crippen LogP contribution in [0.25, 0.3) is 0 Å². The minimum absolute atomic E-state index is 0.817. The van der Waals surface area contributed by atoms with Crippen molar-refractivity contribution in [2.24, 2.45) is 0 Å². The first-order valence-electron chi connectivity index (χ1n) is 9.54. The highest BCUT2D eigenvalue weighted by Gasteiger charge is 2.25. The van der Waals surface area contributed by atoms with Gasteiger partial charge in [0, 0.05) is 0 Å². The Morgan fingerprint density at radius 1 is 0.550 bits per heavy atom. The summed E-state index contributed by atoms with van der Waals surface area (Å²) >= 11 is 0. The molecule has 0 aromatic heterocycles. The minimum Gasteiger partial charge on any atom is -0.0678 e. The highest BCUT2D eigenvalue weighted by Crippen LogP contribution is 2.27. The molecule has 0 fully saturated rings. The molecule has 0 aliphatic heterocycles. The predicted molar refractivity (Wildman–Crippen MR) is 98.1 cm³/mol. The van der Waals surface area contributed by atoms with Gasteiger partial charge in [0.05, 0.1) is 8.07 Å². The molecule has 0 amide bonds. The van der Waals surface area contributed by atoms with Gasteiger partial charge in [0.1, 0.15) is 0 Å². The van der Waals surface area contributed by atoms with E-state index in [2.05, 4.69) is 27.7 Å². The Morgan fingerprint density at radius 3 is 1.25 bits per heavy atom. The molecule has 0 atom stereocenters. The molecule has 0 aromatic carbocycles. The lowest BCUT2D eigenvalue weighted by Gasteiger charge is -2.28. The topological polar surface area (TPSA) is 0 Å². The fraction of sp³-hybridized carbons (Fsp3) is 0.947. The van der Waals surface area contributed by atoms with Gasteiger partial charge < -0.3 is 0 Å². The second-order valence-corrected chi connectivity index (χ2v) is 12.3. The van der Waals surface area contributed by atoms with Gasteiger partial charge in [-0.2, -0.15) is 0 Å². The average molecular weight is 298 g/mol. The van der Waals surface area contributed by atoms with E-state index in [1.54, 1.807) is 6.04 Å². The SMILES string of the molecule is [CH2]CCCCCCCCCCCC[Si](CC)(CC)CC. The van der Waals surface area contributed by atoms with Crippen LogP contribution >= 0.6 is 0 Å². The molecule has 0 saturated carbocycles. The van der Waals surface area contributed by atoms with Crippen molar-refractivity contribution in [3.05, 3.63) is 6.92 Å². The van der Waals surface area contributed by atoms with Gasteiger partial charge in [0.25, 0.3) is 0 Å². The third-order valence-electron chi connectivity index (χ3n) is 5.46. The van der Waals surface area contributed by atoms with E-state index in [0.717, 1.165) is 6.42 Å². The van der Waals surface area contributed by atoms with Crippen LogP contribution in [0, 0.1) is 6.92 Å². The van der Waals surface area contributed by atoms with Crippen LogP contribution in [0.15, 0.2) is 0 Å². The summed E-state index contributed by atoms with van der Waals surface area (Å²) in [6.07, 6.45) is 15.7. The summed E-state index contributed by atoms with van der Waals surface area (Å²) in [6.45, 7) is 11.2. The van der Waals surface area contributed by atoms with Gasteiger partial charge in [-0.3, -0.25) is 0 Å². The molecule has 0 N–H and O–H groups in total. The molecule has 0 rings (SSSR count). The highest BCUT2D eigenvalue weighted by atomic mass is 28.3. The predicted octanol–water partition coefficient (Wildman–Crippen LogP) is 7.62. The first kappa shape index (κ1) is 20.2. The molecule has 0 saturated heterocycles. The van der Waals surface area contributed by atoms with E-state index in [1.165, 1.54) is 82.3 Å². The van der Waals surface area contributed by atoms with Gasteiger partial charge in [-0.1, -0.05) is 123 Å². The van der Waals surface area contributed by atoms with Crippen LogP contribution in [0.1, 0.15) is 91.4 Å². The van der Waals surface area contributed by atoms with Crippen LogP contribution in [-0.4, -0.2) is 8.07 Å². The number of rotatable bonds is 15. The Morgan fingerprint density at radius 2 is 0.900 bits per heavy atom. The molecule has 0 aliphatic carbocycles. The molecule has 0 nitrogen and oxygen atoms in total. The molecule has 1 radical (unpaired) electrons. The van der Waals surface area contributed by atoms with Gasteiger partial charge in [0.15, 0.2) is 0 Å². The first-order valence-corrected chi connectivity index (χ1v) is 12.4.